The lowest BCUT2D eigenvalue weighted by Gasteiger charge is -2.21. The Balaban J connectivity index is 3.25. The zero-order valence-electron chi connectivity index (χ0n) is 10.9. The molecular weight excluding hydrogens is 363 g/mol. The second kappa shape index (κ2) is 7.36. The van der Waals surface area contributed by atoms with Crippen LogP contribution in [0.1, 0.15) is 12.8 Å². The molecule has 0 fully saturated rings. The van der Waals surface area contributed by atoms with Gasteiger partial charge in [0.25, 0.3) is 0 Å². The summed E-state index contributed by atoms with van der Waals surface area (Å²) >= 11 is 2.99. The molecule has 0 saturated heterocycles. The molecule has 9 heteroatoms. The summed E-state index contributed by atoms with van der Waals surface area (Å²) in [5.74, 6) is -0.735. The van der Waals surface area contributed by atoms with Crippen LogP contribution in [0.25, 0.3) is 0 Å². The molecule has 21 heavy (non-hydrogen) atoms. The van der Waals surface area contributed by atoms with E-state index in [2.05, 4.69) is 15.9 Å². The van der Waals surface area contributed by atoms with Gasteiger partial charge >= 0.3 is 0 Å². The third-order valence-corrected chi connectivity index (χ3v) is 5.47. The highest BCUT2D eigenvalue weighted by Crippen LogP contribution is 2.29. The Morgan fingerprint density at radius 2 is 1.76 bits per heavy atom. The van der Waals surface area contributed by atoms with Gasteiger partial charge in [-0.05, 0) is 28.1 Å². The quantitative estimate of drug-likeness (QED) is 0.765. The Morgan fingerprint density at radius 1 is 1.24 bits per heavy atom. The second-order valence-electron chi connectivity index (χ2n) is 4.02. The van der Waals surface area contributed by atoms with Crippen molar-refractivity contribution in [1.82, 2.24) is 4.31 Å². The van der Waals surface area contributed by atoms with Crippen LogP contribution in [0.5, 0.6) is 0 Å². The number of nitrogen functional groups attached to an aromatic ring is 1. The molecule has 0 atom stereocenters. The molecule has 0 aliphatic rings. The van der Waals surface area contributed by atoms with E-state index in [1.807, 2.05) is 12.1 Å². The number of halogens is 2. The topological polar surface area (TPSA) is 111 Å². The van der Waals surface area contributed by atoms with Gasteiger partial charge in [0.15, 0.2) is 0 Å². The largest absolute Gasteiger partial charge is 0.396 e. The zero-order valence-corrected chi connectivity index (χ0v) is 13.3. The first-order chi connectivity index (χ1) is 9.84. The first-order valence-electron chi connectivity index (χ1n) is 5.83. The number of benzene rings is 1. The van der Waals surface area contributed by atoms with Crippen molar-refractivity contribution in [3.05, 3.63) is 22.4 Å². The van der Waals surface area contributed by atoms with Crippen LogP contribution in [0.3, 0.4) is 0 Å². The molecule has 0 amide bonds. The van der Waals surface area contributed by atoms with Crippen molar-refractivity contribution in [2.24, 2.45) is 0 Å². The Kier molecular flexibility index (Phi) is 6.09. The molecule has 1 aromatic carbocycles. The SMILES string of the molecule is N#CCCN(CCC#N)S(=O)(=O)c1cc(N)c(F)cc1Br. The van der Waals surface area contributed by atoms with Gasteiger partial charge in [-0.25, -0.2) is 12.8 Å². The molecule has 0 saturated carbocycles. The Bertz CT molecular complexity index is 691. The summed E-state index contributed by atoms with van der Waals surface area (Å²) < 4.78 is 39.4. The molecule has 2 N–H and O–H groups in total. The third kappa shape index (κ3) is 4.14. The van der Waals surface area contributed by atoms with E-state index in [0.29, 0.717) is 0 Å². The van der Waals surface area contributed by atoms with E-state index in [9.17, 15) is 12.8 Å². The minimum absolute atomic E-state index is 0.0149. The second-order valence-corrected chi connectivity index (χ2v) is 6.79. The van der Waals surface area contributed by atoms with E-state index in [0.717, 1.165) is 16.4 Å². The third-order valence-electron chi connectivity index (χ3n) is 2.62. The summed E-state index contributed by atoms with van der Waals surface area (Å²) in [6.07, 6.45) is -0.0299. The maximum atomic E-state index is 13.3. The number of nitriles is 2. The number of hydrogen-bond donors (Lipinski definition) is 1. The lowest BCUT2D eigenvalue weighted by molar-refractivity contribution is 0.424. The van der Waals surface area contributed by atoms with E-state index >= 15 is 0 Å². The van der Waals surface area contributed by atoms with E-state index in [4.69, 9.17) is 16.3 Å². The molecule has 0 aliphatic heterocycles. The van der Waals surface area contributed by atoms with Crippen LogP contribution in [0.15, 0.2) is 21.5 Å². The van der Waals surface area contributed by atoms with Gasteiger partial charge in [-0.2, -0.15) is 14.8 Å². The van der Waals surface area contributed by atoms with Gasteiger partial charge in [-0.1, -0.05) is 0 Å². The average molecular weight is 375 g/mol. The van der Waals surface area contributed by atoms with Crippen molar-refractivity contribution in [3.8, 4) is 12.1 Å². The molecule has 0 radical (unpaired) electrons. The van der Waals surface area contributed by atoms with Gasteiger partial charge in [0.2, 0.25) is 10.0 Å². The smallest absolute Gasteiger partial charge is 0.244 e. The standard InChI is InChI=1S/C12H12BrFN4O2S/c13-9-7-10(14)11(17)8-12(9)21(19,20)18(5-1-3-15)6-2-4-16/h7-8H,1-2,5-6,17H2. The van der Waals surface area contributed by atoms with Crippen molar-refractivity contribution in [3.63, 3.8) is 0 Å². The minimum Gasteiger partial charge on any atom is -0.396 e. The van der Waals surface area contributed by atoms with Crippen LogP contribution < -0.4 is 5.73 Å². The molecule has 0 bridgehead atoms. The van der Waals surface area contributed by atoms with Crippen LogP contribution in [0, 0.1) is 28.5 Å². The van der Waals surface area contributed by atoms with Crippen molar-refractivity contribution in [2.75, 3.05) is 18.8 Å². The lowest BCUT2D eigenvalue weighted by Crippen LogP contribution is -2.33. The molecule has 0 unspecified atom stereocenters. The predicted octanol–water partition coefficient (Wildman–Crippen LogP) is 1.99. The molecule has 0 heterocycles. The maximum Gasteiger partial charge on any atom is 0.244 e. The first-order valence-corrected chi connectivity index (χ1v) is 8.06. The summed E-state index contributed by atoms with van der Waals surface area (Å²) in [4.78, 5) is -0.197. The fourth-order valence-electron chi connectivity index (χ4n) is 1.58. The number of nitrogens with two attached hydrogens (primary N) is 1. The molecule has 1 rings (SSSR count). The van der Waals surface area contributed by atoms with Gasteiger partial charge in [0.05, 0.1) is 22.7 Å². The first kappa shape index (κ1) is 17.4. The average Bonchev–Trinajstić information content (AvgIpc) is 2.42. The highest BCUT2D eigenvalue weighted by atomic mass is 79.9. The number of anilines is 1. The summed E-state index contributed by atoms with van der Waals surface area (Å²) in [6.45, 7) is -0.103. The molecule has 0 aliphatic carbocycles. The summed E-state index contributed by atoms with van der Waals surface area (Å²) in [7, 11) is -3.98. The van der Waals surface area contributed by atoms with Gasteiger partial charge < -0.3 is 5.73 Å². The van der Waals surface area contributed by atoms with Gasteiger partial charge in [0.1, 0.15) is 5.82 Å². The van der Waals surface area contributed by atoms with E-state index in [1.165, 1.54) is 0 Å². The van der Waals surface area contributed by atoms with Crippen molar-refractivity contribution in [1.29, 1.82) is 10.5 Å². The number of nitrogens with zero attached hydrogens (tertiary/aromatic N) is 3. The molecule has 6 nitrogen and oxygen atoms in total. The lowest BCUT2D eigenvalue weighted by atomic mass is 10.3. The Labute approximate surface area is 130 Å². The number of rotatable bonds is 6. The minimum atomic E-state index is -3.98. The fourth-order valence-corrected chi connectivity index (χ4v) is 4.03. The highest BCUT2D eigenvalue weighted by Gasteiger charge is 2.27. The molecule has 112 valence electrons. The van der Waals surface area contributed by atoms with Crippen molar-refractivity contribution < 1.29 is 12.8 Å². The number of sulfonamides is 1. The van der Waals surface area contributed by atoms with E-state index in [1.54, 1.807) is 0 Å². The monoisotopic (exact) mass is 374 g/mol. The van der Waals surface area contributed by atoms with Crippen LogP contribution >= 0.6 is 15.9 Å². The van der Waals surface area contributed by atoms with Gasteiger partial charge in [-0.3, -0.25) is 0 Å². The van der Waals surface area contributed by atoms with Gasteiger partial charge in [0, 0.05) is 30.4 Å². The molecule has 1 aromatic rings. The Morgan fingerprint density at radius 3 is 2.24 bits per heavy atom. The highest BCUT2D eigenvalue weighted by molar-refractivity contribution is 9.10. The van der Waals surface area contributed by atoms with Crippen LogP contribution in [-0.2, 0) is 10.0 Å². The molecule has 0 spiro atoms. The van der Waals surface area contributed by atoms with Gasteiger partial charge in [-0.15, -0.1) is 0 Å². The summed E-state index contributed by atoms with van der Waals surface area (Å²) in [5.41, 5.74) is 5.11. The summed E-state index contributed by atoms with van der Waals surface area (Å²) in [5, 5.41) is 17.2. The number of hydrogen-bond acceptors (Lipinski definition) is 5. The summed E-state index contributed by atoms with van der Waals surface area (Å²) in [6, 6.07) is 5.68. The van der Waals surface area contributed by atoms with E-state index in [-0.39, 0.29) is 41.0 Å². The maximum absolute atomic E-state index is 13.3. The zero-order chi connectivity index (χ0) is 16.0. The predicted molar refractivity (Wildman–Crippen MR) is 77.7 cm³/mol. The van der Waals surface area contributed by atoms with Crippen LogP contribution in [0.2, 0.25) is 0 Å². The fraction of sp³-hybridized carbons (Fsp3) is 0.333. The normalized spacial score (nSPS) is 11.1. The van der Waals surface area contributed by atoms with E-state index < -0.39 is 15.8 Å². The van der Waals surface area contributed by atoms with Crippen LogP contribution in [0.4, 0.5) is 10.1 Å². The molecular formula is C12H12BrFN4O2S. The van der Waals surface area contributed by atoms with Crippen molar-refractivity contribution >= 4 is 31.6 Å². The Hall–Kier alpha value is -1.68. The molecule has 0 aromatic heterocycles. The van der Waals surface area contributed by atoms with Crippen LogP contribution in [-0.4, -0.2) is 25.8 Å². The van der Waals surface area contributed by atoms with Crippen molar-refractivity contribution in [2.45, 2.75) is 17.7 Å².